The summed E-state index contributed by atoms with van der Waals surface area (Å²) in [5.74, 6) is 0. The van der Waals surface area contributed by atoms with E-state index in [1.807, 2.05) is 12.3 Å². The van der Waals surface area contributed by atoms with Crippen molar-refractivity contribution < 1.29 is 0 Å². The van der Waals surface area contributed by atoms with Crippen LogP contribution in [0.25, 0.3) is 0 Å². The number of aliphatic imine (C=N–C) groups is 1. The molecule has 10 heavy (non-hydrogen) atoms. The second-order valence-electron chi connectivity index (χ2n) is 2.38. The van der Waals surface area contributed by atoms with Crippen LogP contribution in [0.4, 0.5) is 0 Å². The molecule has 54 valence electrons. The van der Waals surface area contributed by atoms with Crippen molar-refractivity contribution in [2.24, 2.45) is 4.99 Å². The third-order valence-corrected chi connectivity index (χ3v) is 1.74. The standard InChI is InChI=1S/C9H13N/c1-3-8-6-5-7-10-9(8)4-2/h3,7H,1,4-6H2,2H3. The molecule has 0 bridgehead atoms. The number of hydrogen-bond acceptors (Lipinski definition) is 1. The van der Waals surface area contributed by atoms with Gasteiger partial charge in [0.25, 0.3) is 0 Å². The Morgan fingerprint density at radius 2 is 2.60 bits per heavy atom. The van der Waals surface area contributed by atoms with E-state index in [2.05, 4.69) is 18.5 Å². The van der Waals surface area contributed by atoms with Gasteiger partial charge in [0.15, 0.2) is 0 Å². The zero-order chi connectivity index (χ0) is 7.40. The SMILES string of the molecule is C=CC1=C(CC)N=CCC1. The normalized spacial score (nSPS) is 17.7. The van der Waals surface area contributed by atoms with Crippen molar-refractivity contribution in [3.05, 3.63) is 23.9 Å². The molecular formula is C9H13N. The second kappa shape index (κ2) is 3.35. The Labute approximate surface area is 62.2 Å². The molecule has 1 heterocycles. The first-order valence-corrected chi connectivity index (χ1v) is 3.75. The minimum atomic E-state index is 1.03. The van der Waals surface area contributed by atoms with E-state index >= 15 is 0 Å². The van der Waals surface area contributed by atoms with Crippen molar-refractivity contribution in [2.45, 2.75) is 26.2 Å². The van der Waals surface area contributed by atoms with Crippen molar-refractivity contribution in [1.29, 1.82) is 0 Å². The van der Waals surface area contributed by atoms with Crippen molar-refractivity contribution >= 4 is 6.21 Å². The number of allylic oxidation sites excluding steroid dienone is 3. The van der Waals surface area contributed by atoms with E-state index in [0.717, 1.165) is 19.3 Å². The number of nitrogens with zero attached hydrogens (tertiary/aromatic N) is 1. The maximum atomic E-state index is 4.28. The highest BCUT2D eigenvalue weighted by atomic mass is 14.7. The molecule has 0 spiro atoms. The van der Waals surface area contributed by atoms with Crippen LogP contribution in [0, 0.1) is 0 Å². The molecule has 0 atom stereocenters. The van der Waals surface area contributed by atoms with Crippen LogP contribution in [0.2, 0.25) is 0 Å². The third kappa shape index (κ3) is 1.35. The zero-order valence-electron chi connectivity index (χ0n) is 6.43. The second-order valence-corrected chi connectivity index (χ2v) is 2.38. The van der Waals surface area contributed by atoms with E-state index in [-0.39, 0.29) is 0 Å². The van der Waals surface area contributed by atoms with E-state index in [4.69, 9.17) is 0 Å². The van der Waals surface area contributed by atoms with E-state index < -0.39 is 0 Å². The predicted molar refractivity (Wildman–Crippen MR) is 45.2 cm³/mol. The summed E-state index contributed by atoms with van der Waals surface area (Å²) in [6.45, 7) is 5.88. The smallest absolute Gasteiger partial charge is 0.0428 e. The average Bonchev–Trinajstić information content (AvgIpc) is 2.04. The fraction of sp³-hybridized carbons (Fsp3) is 0.444. The molecule has 1 aliphatic rings. The summed E-state index contributed by atoms with van der Waals surface area (Å²) in [5.41, 5.74) is 2.53. The van der Waals surface area contributed by atoms with E-state index in [1.165, 1.54) is 11.3 Å². The molecule has 0 aliphatic carbocycles. The van der Waals surface area contributed by atoms with Gasteiger partial charge in [-0.3, -0.25) is 4.99 Å². The third-order valence-electron chi connectivity index (χ3n) is 1.74. The first-order chi connectivity index (χ1) is 4.88. The molecular weight excluding hydrogens is 122 g/mol. The van der Waals surface area contributed by atoms with Crippen molar-refractivity contribution in [3.63, 3.8) is 0 Å². The molecule has 0 saturated heterocycles. The molecule has 0 N–H and O–H groups in total. The molecule has 1 nitrogen and oxygen atoms in total. The van der Waals surface area contributed by atoms with Gasteiger partial charge in [-0.25, -0.2) is 0 Å². The lowest BCUT2D eigenvalue weighted by Gasteiger charge is -2.09. The van der Waals surface area contributed by atoms with Crippen LogP contribution in [0.5, 0.6) is 0 Å². The summed E-state index contributed by atoms with van der Waals surface area (Å²) >= 11 is 0. The quantitative estimate of drug-likeness (QED) is 0.552. The van der Waals surface area contributed by atoms with Gasteiger partial charge in [0.05, 0.1) is 0 Å². The fourth-order valence-corrected chi connectivity index (χ4v) is 1.16. The highest BCUT2D eigenvalue weighted by Gasteiger charge is 2.03. The minimum Gasteiger partial charge on any atom is -0.265 e. The van der Waals surface area contributed by atoms with E-state index in [1.54, 1.807) is 0 Å². The van der Waals surface area contributed by atoms with Crippen molar-refractivity contribution in [3.8, 4) is 0 Å². The average molecular weight is 135 g/mol. The molecule has 0 aromatic rings. The van der Waals surface area contributed by atoms with Crippen LogP contribution in [-0.2, 0) is 0 Å². The lowest BCUT2D eigenvalue weighted by molar-refractivity contribution is 0.935. The number of rotatable bonds is 2. The van der Waals surface area contributed by atoms with Gasteiger partial charge in [-0.05, 0) is 24.8 Å². The van der Waals surface area contributed by atoms with Gasteiger partial charge in [-0.1, -0.05) is 19.6 Å². The Kier molecular flexibility index (Phi) is 2.43. The van der Waals surface area contributed by atoms with Gasteiger partial charge in [0, 0.05) is 11.9 Å². The lowest BCUT2D eigenvalue weighted by Crippen LogP contribution is -1.93. The Hall–Kier alpha value is -0.850. The maximum absolute atomic E-state index is 4.28. The molecule has 0 aromatic carbocycles. The molecule has 0 unspecified atom stereocenters. The minimum absolute atomic E-state index is 1.03. The zero-order valence-corrected chi connectivity index (χ0v) is 6.43. The van der Waals surface area contributed by atoms with Crippen LogP contribution in [-0.4, -0.2) is 6.21 Å². The molecule has 0 radical (unpaired) electrons. The van der Waals surface area contributed by atoms with Crippen LogP contribution in [0.3, 0.4) is 0 Å². The Bertz CT molecular complexity index is 187. The molecule has 0 amide bonds. The van der Waals surface area contributed by atoms with E-state index in [9.17, 15) is 0 Å². The lowest BCUT2D eigenvalue weighted by atomic mass is 10.0. The van der Waals surface area contributed by atoms with Crippen molar-refractivity contribution in [2.75, 3.05) is 0 Å². The van der Waals surface area contributed by atoms with Gasteiger partial charge < -0.3 is 0 Å². The summed E-state index contributed by atoms with van der Waals surface area (Å²) in [6, 6.07) is 0. The van der Waals surface area contributed by atoms with Gasteiger partial charge in [0.1, 0.15) is 0 Å². The Morgan fingerprint density at radius 3 is 3.10 bits per heavy atom. The van der Waals surface area contributed by atoms with Crippen LogP contribution in [0.15, 0.2) is 28.9 Å². The van der Waals surface area contributed by atoms with Crippen molar-refractivity contribution in [1.82, 2.24) is 0 Å². The molecule has 1 heteroatoms. The van der Waals surface area contributed by atoms with Gasteiger partial charge in [-0.2, -0.15) is 0 Å². The Morgan fingerprint density at radius 1 is 1.80 bits per heavy atom. The molecule has 1 rings (SSSR count). The fourth-order valence-electron chi connectivity index (χ4n) is 1.16. The molecule has 0 saturated carbocycles. The summed E-state index contributed by atoms with van der Waals surface area (Å²) < 4.78 is 0. The first kappa shape index (κ1) is 7.26. The molecule has 0 fully saturated rings. The first-order valence-electron chi connectivity index (χ1n) is 3.75. The van der Waals surface area contributed by atoms with Crippen LogP contribution in [0.1, 0.15) is 26.2 Å². The monoisotopic (exact) mass is 135 g/mol. The maximum Gasteiger partial charge on any atom is 0.0428 e. The summed E-state index contributed by atoms with van der Waals surface area (Å²) in [7, 11) is 0. The molecule has 0 aromatic heterocycles. The van der Waals surface area contributed by atoms with Crippen LogP contribution >= 0.6 is 0 Å². The number of hydrogen-bond donors (Lipinski definition) is 0. The summed E-state index contributed by atoms with van der Waals surface area (Å²) in [5, 5.41) is 0. The van der Waals surface area contributed by atoms with Gasteiger partial charge in [0.2, 0.25) is 0 Å². The van der Waals surface area contributed by atoms with Gasteiger partial charge in [-0.15, -0.1) is 0 Å². The topological polar surface area (TPSA) is 12.4 Å². The van der Waals surface area contributed by atoms with E-state index in [0.29, 0.717) is 0 Å². The largest absolute Gasteiger partial charge is 0.265 e. The molecule has 1 aliphatic heterocycles. The summed E-state index contributed by atoms with van der Waals surface area (Å²) in [6.07, 6.45) is 7.14. The summed E-state index contributed by atoms with van der Waals surface area (Å²) in [4.78, 5) is 4.28. The Balaban J connectivity index is 2.83. The highest BCUT2D eigenvalue weighted by Crippen LogP contribution is 2.19. The van der Waals surface area contributed by atoms with Crippen LogP contribution < -0.4 is 0 Å². The predicted octanol–water partition coefficient (Wildman–Crippen LogP) is 2.70. The highest BCUT2D eigenvalue weighted by molar-refractivity contribution is 5.62. The van der Waals surface area contributed by atoms with Gasteiger partial charge >= 0.3 is 0 Å².